The number of amides is 2. The fourth-order valence-electron chi connectivity index (χ4n) is 3.63. The zero-order chi connectivity index (χ0) is 23.4. The Kier molecular flexibility index (Phi) is 6.75. The normalized spacial score (nSPS) is 13.7. The van der Waals surface area contributed by atoms with Gasteiger partial charge in [0, 0.05) is 13.1 Å². The highest BCUT2D eigenvalue weighted by Crippen LogP contribution is 2.27. The number of nitrogens with zero attached hydrogens (tertiary/aromatic N) is 2. The summed E-state index contributed by atoms with van der Waals surface area (Å²) in [5, 5.41) is 4.30. The van der Waals surface area contributed by atoms with Gasteiger partial charge in [0.05, 0.1) is 16.9 Å². The Morgan fingerprint density at radius 2 is 1.70 bits per heavy atom. The first-order valence-electron chi connectivity index (χ1n) is 10.4. The number of sulfonamides is 1. The molecule has 0 atom stereocenters. The minimum atomic E-state index is -4.06. The van der Waals surface area contributed by atoms with E-state index in [1.807, 2.05) is 0 Å². The molecule has 1 aromatic heterocycles. The lowest BCUT2D eigenvalue weighted by molar-refractivity contribution is -0.114. The Balaban J connectivity index is 1.60. The minimum Gasteiger partial charge on any atom is -0.339 e. The number of rotatable bonds is 7. The third kappa shape index (κ3) is 5.07. The molecule has 1 aliphatic rings. The molecular formula is C23H22FN3O4S2. The molecule has 3 aromatic rings. The Morgan fingerprint density at radius 3 is 2.36 bits per heavy atom. The molecule has 33 heavy (non-hydrogen) atoms. The highest BCUT2D eigenvalue weighted by Gasteiger charge is 2.29. The fourth-order valence-corrected chi connectivity index (χ4v) is 6.16. The highest BCUT2D eigenvalue weighted by molar-refractivity contribution is 7.94. The van der Waals surface area contributed by atoms with Gasteiger partial charge in [0.15, 0.2) is 0 Å². The molecule has 2 amide bonds. The molecule has 0 aliphatic carbocycles. The zero-order valence-electron chi connectivity index (χ0n) is 17.6. The number of thiophene rings is 1. The number of likely N-dealkylation sites (tertiary alicyclic amines) is 1. The summed E-state index contributed by atoms with van der Waals surface area (Å²) < 4.78 is 40.9. The van der Waals surface area contributed by atoms with Crippen LogP contribution in [-0.4, -0.2) is 44.8 Å². The number of para-hydroxylation sites is 1. The topological polar surface area (TPSA) is 86.8 Å². The van der Waals surface area contributed by atoms with Gasteiger partial charge in [0.2, 0.25) is 5.91 Å². The average molecular weight is 488 g/mol. The quantitative estimate of drug-likeness (QED) is 0.547. The number of nitrogens with one attached hydrogen (secondary N) is 1. The van der Waals surface area contributed by atoms with E-state index < -0.39 is 28.3 Å². The summed E-state index contributed by atoms with van der Waals surface area (Å²) in [7, 11) is -4.06. The Morgan fingerprint density at radius 1 is 1.00 bits per heavy atom. The van der Waals surface area contributed by atoms with Crippen LogP contribution in [0.2, 0.25) is 0 Å². The number of hydrogen-bond acceptors (Lipinski definition) is 5. The van der Waals surface area contributed by atoms with Crippen LogP contribution in [0.3, 0.4) is 0 Å². The first-order chi connectivity index (χ1) is 15.9. The maximum atomic E-state index is 13.4. The van der Waals surface area contributed by atoms with Gasteiger partial charge in [-0.3, -0.25) is 13.9 Å². The van der Waals surface area contributed by atoms with Crippen LogP contribution in [0.15, 0.2) is 70.3 Å². The van der Waals surface area contributed by atoms with Crippen molar-refractivity contribution in [1.29, 1.82) is 0 Å². The summed E-state index contributed by atoms with van der Waals surface area (Å²) in [4.78, 5) is 27.6. The van der Waals surface area contributed by atoms with Crippen LogP contribution in [0.4, 0.5) is 15.8 Å². The molecule has 2 heterocycles. The number of anilines is 2. The molecule has 2 aromatic carbocycles. The van der Waals surface area contributed by atoms with Crippen LogP contribution in [0.1, 0.15) is 23.2 Å². The molecule has 7 nitrogen and oxygen atoms in total. The second-order valence-electron chi connectivity index (χ2n) is 7.51. The summed E-state index contributed by atoms with van der Waals surface area (Å²) in [6.45, 7) is 0.787. The third-order valence-electron chi connectivity index (χ3n) is 5.27. The van der Waals surface area contributed by atoms with Gasteiger partial charge < -0.3 is 10.2 Å². The number of halogens is 1. The third-order valence-corrected chi connectivity index (χ3v) is 8.41. The van der Waals surface area contributed by atoms with Gasteiger partial charge in [-0.1, -0.05) is 18.2 Å². The lowest BCUT2D eigenvalue weighted by atomic mass is 10.1. The predicted octanol–water partition coefficient (Wildman–Crippen LogP) is 3.96. The first-order valence-corrected chi connectivity index (χ1v) is 12.7. The van der Waals surface area contributed by atoms with Crippen molar-refractivity contribution in [2.24, 2.45) is 0 Å². The summed E-state index contributed by atoms with van der Waals surface area (Å²) in [6, 6.07) is 14.6. The molecule has 1 aliphatic heterocycles. The molecular weight excluding hydrogens is 465 g/mol. The van der Waals surface area contributed by atoms with Crippen molar-refractivity contribution < 1.29 is 22.4 Å². The second-order valence-corrected chi connectivity index (χ2v) is 10.6. The maximum absolute atomic E-state index is 13.4. The number of benzene rings is 2. The molecule has 0 spiro atoms. The Labute approximate surface area is 195 Å². The monoisotopic (exact) mass is 487 g/mol. The summed E-state index contributed by atoms with van der Waals surface area (Å²) in [5.74, 6) is -1.32. The van der Waals surface area contributed by atoms with Gasteiger partial charge in [0.25, 0.3) is 15.9 Å². The van der Waals surface area contributed by atoms with Gasteiger partial charge in [0.1, 0.15) is 16.6 Å². The molecule has 4 rings (SSSR count). The summed E-state index contributed by atoms with van der Waals surface area (Å²) in [5.41, 5.74) is 0.815. The Hall–Kier alpha value is -3.24. The smallest absolute Gasteiger partial charge is 0.274 e. The van der Waals surface area contributed by atoms with Gasteiger partial charge >= 0.3 is 0 Å². The van der Waals surface area contributed by atoms with Crippen LogP contribution < -0.4 is 9.62 Å². The van der Waals surface area contributed by atoms with Crippen molar-refractivity contribution >= 4 is 44.5 Å². The van der Waals surface area contributed by atoms with Crippen LogP contribution in [0.5, 0.6) is 0 Å². The fraction of sp³-hybridized carbons (Fsp3) is 0.217. The van der Waals surface area contributed by atoms with Crippen LogP contribution in [0, 0.1) is 5.82 Å². The standard InChI is InChI=1S/C23H22FN3O4S2/c24-17-9-11-18(12-10-17)27(33(30,31)22-8-5-15-32-22)16-21(28)25-20-7-2-1-6-19(20)23(29)26-13-3-4-14-26/h1-2,5-12,15H,3-4,13-14,16H2,(H,25,28). The van der Waals surface area contributed by atoms with Gasteiger partial charge in [-0.15, -0.1) is 11.3 Å². The summed E-state index contributed by atoms with van der Waals surface area (Å²) >= 11 is 1.02. The van der Waals surface area contributed by atoms with E-state index in [1.165, 1.54) is 18.2 Å². The number of carbonyl (C=O) groups is 2. The van der Waals surface area contributed by atoms with Crippen molar-refractivity contribution in [3.8, 4) is 0 Å². The molecule has 172 valence electrons. The second kappa shape index (κ2) is 9.72. The molecule has 10 heteroatoms. The molecule has 0 unspecified atom stereocenters. The van der Waals surface area contributed by atoms with E-state index in [0.717, 1.165) is 40.6 Å². The molecule has 0 saturated carbocycles. The maximum Gasteiger partial charge on any atom is 0.274 e. The van der Waals surface area contributed by atoms with Crippen molar-refractivity contribution in [1.82, 2.24) is 4.90 Å². The lowest BCUT2D eigenvalue weighted by Gasteiger charge is -2.24. The average Bonchev–Trinajstić information content (AvgIpc) is 3.53. The largest absolute Gasteiger partial charge is 0.339 e. The van der Waals surface area contributed by atoms with Crippen LogP contribution >= 0.6 is 11.3 Å². The molecule has 1 N–H and O–H groups in total. The van der Waals surface area contributed by atoms with Gasteiger partial charge in [-0.2, -0.15) is 0 Å². The van der Waals surface area contributed by atoms with E-state index in [9.17, 15) is 22.4 Å². The molecule has 0 bridgehead atoms. The van der Waals surface area contributed by atoms with Gasteiger partial charge in [-0.05, 0) is 60.7 Å². The van der Waals surface area contributed by atoms with E-state index >= 15 is 0 Å². The van der Waals surface area contributed by atoms with E-state index in [-0.39, 0.29) is 15.8 Å². The highest BCUT2D eigenvalue weighted by atomic mass is 32.2. The van der Waals surface area contributed by atoms with E-state index in [4.69, 9.17) is 0 Å². The molecule has 0 radical (unpaired) electrons. The van der Waals surface area contributed by atoms with Gasteiger partial charge in [-0.25, -0.2) is 12.8 Å². The van der Waals surface area contributed by atoms with E-state index in [0.29, 0.717) is 24.3 Å². The molecule has 1 saturated heterocycles. The van der Waals surface area contributed by atoms with Crippen LogP contribution in [0.25, 0.3) is 0 Å². The Bertz CT molecular complexity index is 1240. The number of carbonyl (C=O) groups excluding carboxylic acids is 2. The van der Waals surface area contributed by atoms with Crippen LogP contribution in [-0.2, 0) is 14.8 Å². The van der Waals surface area contributed by atoms with E-state index in [1.54, 1.807) is 40.6 Å². The van der Waals surface area contributed by atoms with Crippen molar-refractivity contribution in [3.63, 3.8) is 0 Å². The number of hydrogen-bond donors (Lipinski definition) is 1. The summed E-state index contributed by atoms with van der Waals surface area (Å²) in [6.07, 6.45) is 1.88. The first kappa shape index (κ1) is 22.9. The zero-order valence-corrected chi connectivity index (χ0v) is 19.2. The van der Waals surface area contributed by atoms with Crippen molar-refractivity contribution in [3.05, 3.63) is 77.4 Å². The lowest BCUT2D eigenvalue weighted by Crippen LogP contribution is -2.38. The molecule has 1 fully saturated rings. The minimum absolute atomic E-state index is 0.0595. The SMILES string of the molecule is O=C(CN(c1ccc(F)cc1)S(=O)(=O)c1cccs1)Nc1ccccc1C(=O)N1CCCC1. The van der Waals surface area contributed by atoms with Crippen molar-refractivity contribution in [2.45, 2.75) is 17.1 Å². The van der Waals surface area contributed by atoms with E-state index in [2.05, 4.69) is 5.32 Å². The predicted molar refractivity (Wildman–Crippen MR) is 125 cm³/mol. The van der Waals surface area contributed by atoms with Crippen molar-refractivity contribution in [2.75, 3.05) is 29.3 Å².